The molecule has 0 amide bonds. The molecule has 0 radical (unpaired) electrons. The highest BCUT2D eigenvalue weighted by Gasteiger charge is 2.32. The third-order valence-electron chi connectivity index (χ3n) is 3.98. The van der Waals surface area contributed by atoms with Gasteiger partial charge in [0.25, 0.3) is 0 Å². The summed E-state index contributed by atoms with van der Waals surface area (Å²) < 4.78 is 31.1. The summed E-state index contributed by atoms with van der Waals surface area (Å²) in [5.41, 5.74) is 2.26. The molecule has 0 N–H and O–H groups in total. The Morgan fingerprint density at radius 3 is 2.75 bits per heavy atom. The van der Waals surface area contributed by atoms with Gasteiger partial charge in [0.1, 0.15) is 5.75 Å². The molecule has 20 heavy (non-hydrogen) atoms. The van der Waals surface area contributed by atoms with Gasteiger partial charge in [-0.25, -0.2) is 8.42 Å². The summed E-state index contributed by atoms with van der Waals surface area (Å²) in [5.74, 6) is 1.06. The third kappa shape index (κ3) is 3.15. The molecule has 1 atom stereocenters. The summed E-state index contributed by atoms with van der Waals surface area (Å²) in [6.45, 7) is 4.38. The molecule has 0 saturated carbocycles. The van der Waals surface area contributed by atoms with E-state index in [1.807, 2.05) is 19.1 Å². The molecule has 4 nitrogen and oxygen atoms in total. The van der Waals surface area contributed by atoms with Crippen molar-refractivity contribution in [3.63, 3.8) is 0 Å². The SMILES string of the molecule is CCS(=O)(=O)N1CCCC1Cc1ccc(OC)c(C)c1. The van der Waals surface area contributed by atoms with Gasteiger partial charge < -0.3 is 4.74 Å². The molecule has 0 aliphatic carbocycles. The van der Waals surface area contributed by atoms with E-state index in [9.17, 15) is 8.42 Å². The zero-order chi connectivity index (χ0) is 14.8. The Morgan fingerprint density at radius 2 is 2.15 bits per heavy atom. The van der Waals surface area contributed by atoms with Crippen molar-refractivity contribution in [3.05, 3.63) is 29.3 Å². The second-order valence-electron chi connectivity index (χ2n) is 5.32. The fraction of sp³-hybridized carbons (Fsp3) is 0.600. The lowest BCUT2D eigenvalue weighted by atomic mass is 10.0. The van der Waals surface area contributed by atoms with E-state index in [1.54, 1.807) is 18.3 Å². The van der Waals surface area contributed by atoms with Crippen molar-refractivity contribution in [3.8, 4) is 5.75 Å². The fourth-order valence-electron chi connectivity index (χ4n) is 2.88. The Balaban J connectivity index is 2.15. The van der Waals surface area contributed by atoms with Gasteiger partial charge in [0.2, 0.25) is 10.0 Å². The van der Waals surface area contributed by atoms with E-state index in [4.69, 9.17) is 4.74 Å². The fourth-order valence-corrected chi connectivity index (χ4v) is 4.26. The molecule has 0 bridgehead atoms. The van der Waals surface area contributed by atoms with E-state index in [2.05, 4.69) is 6.07 Å². The molecule has 1 aliphatic rings. The smallest absolute Gasteiger partial charge is 0.214 e. The van der Waals surface area contributed by atoms with Crippen LogP contribution < -0.4 is 4.74 Å². The molecule has 2 rings (SSSR count). The maximum absolute atomic E-state index is 12.1. The summed E-state index contributed by atoms with van der Waals surface area (Å²) in [7, 11) is -1.42. The summed E-state index contributed by atoms with van der Waals surface area (Å²) in [5, 5.41) is 0. The van der Waals surface area contributed by atoms with Gasteiger partial charge in [-0.3, -0.25) is 0 Å². The van der Waals surface area contributed by atoms with Gasteiger partial charge in [-0.05, 0) is 50.3 Å². The number of rotatable bonds is 5. The number of nitrogens with zero attached hydrogens (tertiary/aromatic N) is 1. The number of hydrogen-bond donors (Lipinski definition) is 0. The van der Waals surface area contributed by atoms with Gasteiger partial charge in [0.05, 0.1) is 12.9 Å². The van der Waals surface area contributed by atoms with Crippen molar-refractivity contribution in [1.82, 2.24) is 4.31 Å². The summed E-state index contributed by atoms with van der Waals surface area (Å²) >= 11 is 0. The van der Waals surface area contributed by atoms with E-state index in [1.165, 1.54) is 5.56 Å². The number of sulfonamides is 1. The highest BCUT2D eigenvalue weighted by Crippen LogP contribution is 2.26. The second-order valence-corrected chi connectivity index (χ2v) is 7.53. The summed E-state index contributed by atoms with van der Waals surface area (Å²) in [4.78, 5) is 0. The Bertz CT molecular complexity index is 568. The normalized spacial score (nSPS) is 20.2. The molecule has 1 aromatic carbocycles. The molecule has 0 aromatic heterocycles. The number of benzene rings is 1. The van der Waals surface area contributed by atoms with Gasteiger partial charge in [0, 0.05) is 12.6 Å². The number of aryl methyl sites for hydroxylation is 1. The van der Waals surface area contributed by atoms with Gasteiger partial charge in [-0.15, -0.1) is 0 Å². The van der Waals surface area contributed by atoms with Crippen LogP contribution in [0.5, 0.6) is 5.75 Å². The molecule has 1 unspecified atom stereocenters. The molecule has 1 heterocycles. The van der Waals surface area contributed by atoms with Crippen LogP contribution in [0.15, 0.2) is 18.2 Å². The van der Waals surface area contributed by atoms with Gasteiger partial charge in [-0.1, -0.05) is 12.1 Å². The summed E-state index contributed by atoms with van der Waals surface area (Å²) in [6, 6.07) is 6.18. The topological polar surface area (TPSA) is 46.6 Å². The molecular formula is C15H23NO3S. The van der Waals surface area contributed by atoms with Crippen LogP contribution in [0.3, 0.4) is 0 Å². The Morgan fingerprint density at radius 1 is 1.40 bits per heavy atom. The third-order valence-corrected chi connectivity index (χ3v) is 5.90. The Hall–Kier alpha value is -1.07. The average molecular weight is 297 g/mol. The zero-order valence-electron chi connectivity index (χ0n) is 12.4. The van der Waals surface area contributed by atoms with Crippen molar-refractivity contribution in [1.29, 1.82) is 0 Å². The Kier molecular flexibility index (Phi) is 4.70. The molecule has 1 fully saturated rings. The Labute approximate surface area is 121 Å². The molecule has 1 aliphatic heterocycles. The standard InChI is InChI=1S/C15H23NO3S/c1-4-20(17,18)16-9-5-6-14(16)11-13-7-8-15(19-3)12(2)10-13/h7-8,10,14H,4-6,9,11H2,1-3H3. The van der Waals surface area contributed by atoms with Crippen LogP contribution in [0, 0.1) is 6.92 Å². The van der Waals surface area contributed by atoms with Crippen molar-refractivity contribution < 1.29 is 13.2 Å². The minimum Gasteiger partial charge on any atom is -0.496 e. The lowest BCUT2D eigenvalue weighted by molar-refractivity contribution is 0.385. The summed E-state index contributed by atoms with van der Waals surface area (Å²) in [6.07, 6.45) is 2.69. The van der Waals surface area contributed by atoms with Crippen molar-refractivity contribution in [2.24, 2.45) is 0 Å². The maximum Gasteiger partial charge on any atom is 0.214 e. The predicted molar refractivity (Wildman–Crippen MR) is 80.6 cm³/mol. The minimum absolute atomic E-state index is 0.104. The van der Waals surface area contributed by atoms with E-state index in [0.29, 0.717) is 6.54 Å². The van der Waals surface area contributed by atoms with Crippen LogP contribution in [-0.4, -0.2) is 38.2 Å². The number of ether oxygens (including phenoxy) is 1. The van der Waals surface area contributed by atoms with Crippen LogP contribution in [0.2, 0.25) is 0 Å². The largest absolute Gasteiger partial charge is 0.496 e. The molecule has 1 aromatic rings. The minimum atomic E-state index is -3.08. The lowest BCUT2D eigenvalue weighted by Gasteiger charge is -2.23. The predicted octanol–water partition coefficient (Wildman–Crippen LogP) is 2.36. The molecule has 5 heteroatoms. The number of methoxy groups -OCH3 is 1. The first-order valence-electron chi connectivity index (χ1n) is 7.11. The van der Waals surface area contributed by atoms with Crippen LogP contribution in [0.4, 0.5) is 0 Å². The monoisotopic (exact) mass is 297 g/mol. The second kappa shape index (κ2) is 6.14. The molecule has 0 spiro atoms. The zero-order valence-corrected chi connectivity index (χ0v) is 13.2. The van der Waals surface area contributed by atoms with Crippen molar-refractivity contribution in [2.75, 3.05) is 19.4 Å². The number of hydrogen-bond acceptors (Lipinski definition) is 3. The van der Waals surface area contributed by atoms with Crippen LogP contribution >= 0.6 is 0 Å². The van der Waals surface area contributed by atoms with E-state index < -0.39 is 10.0 Å². The van der Waals surface area contributed by atoms with Crippen LogP contribution in [-0.2, 0) is 16.4 Å². The van der Waals surface area contributed by atoms with E-state index in [-0.39, 0.29) is 11.8 Å². The van der Waals surface area contributed by atoms with Gasteiger partial charge in [0.15, 0.2) is 0 Å². The van der Waals surface area contributed by atoms with E-state index >= 15 is 0 Å². The quantitative estimate of drug-likeness (QED) is 0.838. The first-order valence-corrected chi connectivity index (χ1v) is 8.72. The average Bonchev–Trinajstić information content (AvgIpc) is 2.88. The van der Waals surface area contributed by atoms with Crippen molar-refractivity contribution in [2.45, 2.75) is 39.2 Å². The first kappa shape index (κ1) is 15.3. The lowest BCUT2D eigenvalue weighted by Crippen LogP contribution is -2.37. The van der Waals surface area contributed by atoms with Crippen LogP contribution in [0.1, 0.15) is 30.9 Å². The van der Waals surface area contributed by atoms with Gasteiger partial charge in [-0.2, -0.15) is 4.31 Å². The molecular weight excluding hydrogens is 274 g/mol. The molecule has 112 valence electrons. The first-order chi connectivity index (χ1) is 9.47. The van der Waals surface area contributed by atoms with Crippen LogP contribution in [0.25, 0.3) is 0 Å². The highest BCUT2D eigenvalue weighted by molar-refractivity contribution is 7.89. The van der Waals surface area contributed by atoms with E-state index in [0.717, 1.165) is 30.6 Å². The van der Waals surface area contributed by atoms with Gasteiger partial charge >= 0.3 is 0 Å². The molecule has 1 saturated heterocycles. The highest BCUT2D eigenvalue weighted by atomic mass is 32.2. The maximum atomic E-state index is 12.1. The van der Waals surface area contributed by atoms with Crippen molar-refractivity contribution >= 4 is 10.0 Å².